The number of rotatable bonds is 7. The maximum atomic E-state index is 5.99. The Kier molecular flexibility index (Phi) is 6.98. The Bertz CT molecular complexity index is 341. The first-order valence-corrected chi connectivity index (χ1v) is 7.53. The van der Waals surface area contributed by atoms with E-state index in [1.54, 1.807) is 0 Å². The topological polar surface area (TPSA) is 12.0 Å². The molecular weight excluding hydrogens is 298 g/mol. The van der Waals surface area contributed by atoms with Crippen LogP contribution in [-0.2, 0) is 0 Å². The Hall–Kier alpha value is -0.210. The molecule has 0 radical (unpaired) electrons. The number of hydrogen-bond donors (Lipinski definition) is 1. The van der Waals surface area contributed by atoms with E-state index in [9.17, 15) is 0 Å². The van der Waals surface area contributed by atoms with Gasteiger partial charge in [-0.25, -0.2) is 0 Å². The van der Waals surface area contributed by atoms with E-state index in [4.69, 9.17) is 11.6 Å². The fourth-order valence-corrected chi connectivity index (χ4v) is 2.39. The first-order chi connectivity index (χ1) is 8.17. The molecule has 0 fully saturated rings. The van der Waals surface area contributed by atoms with Gasteiger partial charge in [-0.1, -0.05) is 44.7 Å². The molecule has 0 saturated heterocycles. The molecule has 1 N–H and O–H groups in total. The largest absolute Gasteiger partial charge is 0.384 e. The molecule has 1 atom stereocenters. The summed E-state index contributed by atoms with van der Waals surface area (Å²) in [5, 5.41) is 4.26. The van der Waals surface area contributed by atoms with Crippen LogP contribution in [0.4, 0.5) is 5.69 Å². The number of hydrogen-bond acceptors (Lipinski definition) is 1. The first kappa shape index (κ1) is 14.8. The van der Waals surface area contributed by atoms with Crippen LogP contribution in [0.3, 0.4) is 0 Å². The lowest BCUT2D eigenvalue weighted by molar-refractivity contribution is 0.473. The Morgan fingerprint density at radius 2 is 2.12 bits per heavy atom. The number of halogens is 2. The third kappa shape index (κ3) is 5.31. The van der Waals surface area contributed by atoms with Gasteiger partial charge in [0.1, 0.15) is 0 Å². The van der Waals surface area contributed by atoms with E-state index in [0.717, 1.165) is 27.6 Å². The van der Waals surface area contributed by atoms with Crippen LogP contribution in [0.2, 0.25) is 5.02 Å². The molecule has 0 aliphatic heterocycles. The predicted octanol–water partition coefficient (Wildman–Crippen LogP) is 5.73. The van der Waals surface area contributed by atoms with E-state index in [0.29, 0.717) is 0 Å². The number of unbranched alkanes of at least 4 members (excludes halogenated alkanes) is 1. The molecule has 0 aliphatic rings. The number of anilines is 1. The van der Waals surface area contributed by atoms with Crippen molar-refractivity contribution in [2.45, 2.75) is 39.5 Å². The molecule has 0 amide bonds. The molecule has 1 aromatic carbocycles. The van der Waals surface area contributed by atoms with Crippen molar-refractivity contribution < 1.29 is 0 Å². The summed E-state index contributed by atoms with van der Waals surface area (Å²) in [5.74, 6) is 0.751. The van der Waals surface area contributed by atoms with Gasteiger partial charge in [-0.15, -0.1) is 0 Å². The van der Waals surface area contributed by atoms with Crippen molar-refractivity contribution in [3.63, 3.8) is 0 Å². The van der Waals surface area contributed by atoms with E-state index >= 15 is 0 Å². The first-order valence-electron chi connectivity index (χ1n) is 6.36. The summed E-state index contributed by atoms with van der Waals surface area (Å²) in [7, 11) is 0. The SMILES string of the molecule is CCCCC(CC)CNc1cc(Cl)ccc1Br. The van der Waals surface area contributed by atoms with E-state index in [1.165, 1.54) is 25.7 Å². The van der Waals surface area contributed by atoms with Crippen molar-refractivity contribution in [2.24, 2.45) is 5.92 Å². The van der Waals surface area contributed by atoms with Crippen LogP contribution in [0.5, 0.6) is 0 Å². The van der Waals surface area contributed by atoms with Gasteiger partial charge < -0.3 is 5.32 Å². The summed E-state index contributed by atoms with van der Waals surface area (Å²) < 4.78 is 1.08. The summed E-state index contributed by atoms with van der Waals surface area (Å²) >= 11 is 9.52. The summed E-state index contributed by atoms with van der Waals surface area (Å²) in [6.07, 6.45) is 5.12. The van der Waals surface area contributed by atoms with Crippen LogP contribution in [0, 0.1) is 5.92 Å². The van der Waals surface area contributed by atoms with Crippen LogP contribution >= 0.6 is 27.5 Å². The number of benzene rings is 1. The van der Waals surface area contributed by atoms with Crippen LogP contribution < -0.4 is 5.32 Å². The summed E-state index contributed by atoms with van der Waals surface area (Å²) in [6, 6.07) is 5.85. The second-order valence-electron chi connectivity index (χ2n) is 4.42. The molecule has 0 spiro atoms. The molecule has 1 nitrogen and oxygen atoms in total. The summed E-state index contributed by atoms with van der Waals surface area (Å²) in [4.78, 5) is 0. The Labute approximate surface area is 118 Å². The maximum absolute atomic E-state index is 5.99. The van der Waals surface area contributed by atoms with Crippen molar-refractivity contribution in [1.29, 1.82) is 0 Å². The highest BCUT2D eigenvalue weighted by Crippen LogP contribution is 2.26. The van der Waals surface area contributed by atoms with E-state index < -0.39 is 0 Å². The molecule has 96 valence electrons. The van der Waals surface area contributed by atoms with Gasteiger partial charge in [0.25, 0.3) is 0 Å². The molecule has 0 heterocycles. The van der Waals surface area contributed by atoms with Gasteiger partial charge in [-0.2, -0.15) is 0 Å². The fourth-order valence-electron chi connectivity index (χ4n) is 1.83. The van der Waals surface area contributed by atoms with Crippen molar-refractivity contribution in [1.82, 2.24) is 0 Å². The van der Waals surface area contributed by atoms with Gasteiger partial charge in [-0.3, -0.25) is 0 Å². The highest BCUT2D eigenvalue weighted by atomic mass is 79.9. The molecule has 3 heteroatoms. The van der Waals surface area contributed by atoms with Crippen LogP contribution in [-0.4, -0.2) is 6.54 Å². The van der Waals surface area contributed by atoms with Crippen LogP contribution in [0.1, 0.15) is 39.5 Å². The van der Waals surface area contributed by atoms with E-state index in [2.05, 4.69) is 35.1 Å². The average molecular weight is 319 g/mol. The summed E-state index contributed by atoms with van der Waals surface area (Å²) in [6.45, 7) is 5.53. The van der Waals surface area contributed by atoms with Crippen LogP contribution in [0.25, 0.3) is 0 Å². The lowest BCUT2D eigenvalue weighted by atomic mass is 9.99. The lowest BCUT2D eigenvalue weighted by Gasteiger charge is -2.17. The molecule has 1 rings (SSSR count). The quantitative estimate of drug-likeness (QED) is 0.677. The van der Waals surface area contributed by atoms with Crippen LogP contribution in [0.15, 0.2) is 22.7 Å². The van der Waals surface area contributed by atoms with Gasteiger partial charge in [0.05, 0.1) is 0 Å². The Morgan fingerprint density at radius 3 is 2.76 bits per heavy atom. The highest BCUT2D eigenvalue weighted by molar-refractivity contribution is 9.10. The van der Waals surface area contributed by atoms with Gasteiger partial charge >= 0.3 is 0 Å². The molecular formula is C14H21BrClN. The Morgan fingerprint density at radius 1 is 1.35 bits per heavy atom. The molecule has 1 aromatic rings. The van der Waals surface area contributed by atoms with Gasteiger partial charge in [0.2, 0.25) is 0 Å². The zero-order valence-corrected chi connectivity index (χ0v) is 12.9. The molecule has 0 aromatic heterocycles. The monoisotopic (exact) mass is 317 g/mol. The molecule has 1 unspecified atom stereocenters. The third-order valence-electron chi connectivity index (χ3n) is 3.05. The second kappa shape index (κ2) is 7.99. The lowest BCUT2D eigenvalue weighted by Crippen LogP contribution is -2.13. The third-order valence-corrected chi connectivity index (χ3v) is 3.98. The van der Waals surface area contributed by atoms with Gasteiger partial charge in [-0.05, 0) is 46.5 Å². The van der Waals surface area contributed by atoms with Crippen molar-refractivity contribution in [2.75, 3.05) is 11.9 Å². The molecule has 0 saturated carbocycles. The molecule has 17 heavy (non-hydrogen) atoms. The zero-order valence-electron chi connectivity index (χ0n) is 10.6. The van der Waals surface area contributed by atoms with Gasteiger partial charge in [0.15, 0.2) is 0 Å². The maximum Gasteiger partial charge on any atom is 0.0499 e. The van der Waals surface area contributed by atoms with Gasteiger partial charge in [0, 0.05) is 21.7 Å². The van der Waals surface area contributed by atoms with Crippen molar-refractivity contribution in [3.05, 3.63) is 27.7 Å². The molecule has 0 aliphatic carbocycles. The zero-order chi connectivity index (χ0) is 12.7. The molecule has 0 bridgehead atoms. The minimum atomic E-state index is 0.751. The average Bonchev–Trinajstić information content (AvgIpc) is 2.33. The van der Waals surface area contributed by atoms with E-state index in [1.807, 2.05) is 18.2 Å². The van der Waals surface area contributed by atoms with Crippen molar-refractivity contribution in [3.8, 4) is 0 Å². The standard InChI is InChI=1S/C14H21BrClN/c1-3-5-6-11(4-2)10-17-14-9-12(16)7-8-13(14)15/h7-9,11,17H,3-6,10H2,1-2H3. The van der Waals surface area contributed by atoms with E-state index in [-0.39, 0.29) is 0 Å². The Balaban J connectivity index is 2.50. The predicted molar refractivity (Wildman–Crippen MR) is 80.9 cm³/mol. The normalized spacial score (nSPS) is 12.5. The fraction of sp³-hybridized carbons (Fsp3) is 0.571. The summed E-state index contributed by atoms with van der Waals surface area (Å²) in [5.41, 5.74) is 1.09. The smallest absolute Gasteiger partial charge is 0.0499 e. The minimum Gasteiger partial charge on any atom is -0.384 e. The number of nitrogens with one attached hydrogen (secondary N) is 1. The second-order valence-corrected chi connectivity index (χ2v) is 5.71. The highest BCUT2D eigenvalue weighted by Gasteiger charge is 2.07. The van der Waals surface area contributed by atoms with Crippen molar-refractivity contribution >= 4 is 33.2 Å². The minimum absolute atomic E-state index is 0.751.